The molecule has 3 heteroatoms. The first kappa shape index (κ1) is 11.9. The maximum atomic E-state index is 9.08. The van der Waals surface area contributed by atoms with Gasteiger partial charge in [0.15, 0.2) is 0 Å². The Morgan fingerprint density at radius 2 is 2.07 bits per heavy atom. The summed E-state index contributed by atoms with van der Waals surface area (Å²) in [5, 5.41) is 9.08. The molecule has 0 unspecified atom stereocenters. The topological polar surface area (TPSA) is 27.0 Å². The van der Waals surface area contributed by atoms with Gasteiger partial charge in [-0.3, -0.25) is 0 Å². The number of rotatable bonds is 3. The molecule has 0 radical (unpaired) electrons. The van der Waals surface area contributed by atoms with Crippen molar-refractivity contribution >= 4 is 17.6 Å². The van der Waals surface area contributed by atoms with Gasteiger partial charge in [0.2, 0.25) is 0 Å². The Balaban J connectivity index is 3.35. The molecule has 0 amide bonds. The fraction of sp³-hybridized carbons (Fsp3) is 0.417. The molecule has 0 aliphatic rings. The summed E-state index contributed by atoms with van der Waals surface area (Å²) in [4.78, 5) is 0. The lowest BCUT2D eigenvalue weighted by Crippen LogP contribution is -2.10. The summed E-state index contributed by atoms with van der Waals surface area (Å²) in [7, 11) is 1.99. The number of hydrogen-bond acceptors (Lipinski definition) is 3. The third kappa shape index (κ3) is 2.45. The SMILES string of the molecule is CSN(C)c1c(C#N)cccc1C(C)C. The van der Waals surface area contributed by atoms with E-state index >= 15 is 0 Å². The van der Waals surface area contributed by atoms with Gasteiger partial charge in [0.05, 0.1) is 11.3 Å². The van der Waals surface area contributed by atoms with Crippen molar-refractivity contribution in [2.24, 2.45) is 0 Å². The summed E-state index contributed by atoms with van der Waals surface area (Å²) in [6.45, 7) is 4.29. The second kappa shape index (κ2) is 5.09. The fourth-order valence-corrected chi connectivity index (χ4v) is 1.95. The average molecular weight is 220 g/mol. The first-order valence-electron chi connectivity index (χ1n) is 4.92. The van der Waals surface area contributed by atoms with Crippen LogP contribution in [-0.2, 0) is 0 Å². The van der Waals surface area contributed by atoms with E-state index < -0.39 is 0 Å². The van der Waals surface area contributed by atoms with Crippen LogP contribution in [0.3, 0.4) is 0 Å². The summed E-state index contributed by atoms with van der Waals surface area (Å²) in [5.41, 5.74) is 3.02. The highest BCUT2D eigenvalue weighted by Gasteiger charge is 2.14. The molecule has 0 heterocycles. The molecule has 80 valence electrons. The molecule has 0 bridgehead atoms. The Labute approximate surface area is 96.0 Å². The van der Waals surface area contributed by atoms with Crippen LogP contribution in [0.5, 0.6) is 0 Å². The highest BCUT2D eigenvalue weighted by Crippen LogP contribution is 2.32. The van der Waals surface area contributed by atoms with E-state index in [1.54, 1.807) is 11.9 Å². The first-order valence-corrected chi connectivity index (χ1v) is 6.10. The monoisotopic (exact) mass is 220 g/mol. The molecular formula is C12H16N2S. The van der Waals surface area contributed by atoms with Crippen LogP contribution in [0.2, 0.25) is 0 Å². The number of para-hydroxylation sites is 1. The minimum atomic E-state index is 0.433. The Morgan fingerprint density at radius 1 is 1.40 bits per heavy atom. The molecule has 1 rings (SSSR count). The maximum Gasteiger partial charge on any atom is 0.101 e. The average Bonchev–Trinajstić information content (AvgIpc) is 2.26. The van der Waals surface area contributed by atoms with Crippen LogP contribution in [-0.4, -0.2) is 13.3 Å². The molecule has 0 atom stereocenters. The van der Waals surface area contributed by atoms with Crippen molar-refractivity contribution in [2.45, 2.75) is 19.8 Å². The van der Waals surface area contributed by atoms with E-state index in [4.69, 9.17) is 5.26 Å². The number of benzene rings is 1. The van der Waals surface area contributed by atoms with Crippen LogP contribution >= 0.6 is 11.9 Å². The van der Waals surface area contributed by atoms with Crippen molar-refractivity contribution in [1.82, 2.24) is 0 Å². The lowest BCUT2D eigenvalue weighted by Gasteiger charge is -2.22. The molecule has 0 fully saturated rings. The van der Waals surface area contributed by atoms with Gasteiger partial charge in [-0.2, -0.15) is 5.26 Å². The van der Waals surface area contributed by atoms with E-state index in [0.29, 0.717) is 5.92 Å². The van der Waals surface area contributed by atoms with Crippen molar-refractivity contribution in [3.05, 3.63) is 29.3 Å². The lowest BCUT2D eigenvalue weighted by molar-refractivity contribution is 0.865. The van der Waals surface area contributed by atoms with Gasteiger partial charge < -0.3 is 4.31 Å². The third-order valence-corrected chi connectivity index (χ3v) is 3.13. The fourth-order valence-electron chi connectivity index (χ4n) is 1.56. The summed E-state index contributed by atoms with van der Waals surface area (Å²) < 4.78 is 2.05. The van der Waals surface area contributed by atoms with Crippen LogP contribution in [0.4, 0.5) is 5.69 Å². The second-order valence-corrected chi connectivity index (χ2v) is 4.60. The van der Waals surface area contributed by atoms with Gasteiger partial charge >= 0.3 is 0 Å². The van der Waals surface area contributed by atoms with Crippen LogP contribution in [0, 0.1) is 11.3 Å². The van der Waals surface area contributed by atoms with Crippen LogP contribution in [0.25, 0.3) is 0 Å². The predicted octanol–water partition coefficient (Wildman–Crippen LogP) is 3.40. The molecule has 1 aromatic rings. The lowest BCUT2D eigenvalue weighted by atomic mass is 9.98. The summed E-state index contributed by atoms with van der Waals surface area (Å²) in [6, 6.07) is 8.16. The Bertz CT molecular complexity index is 380. The molecule has 0 aliphatic heterocycles. The van der Waals surface area contributed by atoms with E-state index in [-0.39, 0.29) is 0 Å². The van der Waals surface area contributed by atoms with Gasteiger partial charge in [-0.05, 0) is 17.5 Å². The van der Waals surface area contributed by atoms with E-state index in [9.17, 15) is 0 Å². The van der Waals surface area contributed by atoms with Crippen molar-refractivity contribution in [3.63, 3.8) is 0 Å². The maximum absolute atomic E-state index is 9.08. The zero-order valence-corrected chi connectivity index (χ0v) is 10.4. The van der Waals surface area contributed by atoms with Crippen LogP contribution in [0.15, 0.2) is 18.2 Å². The van der Waals surface area contributed by atoms with Gasteiger partial charge in [0.1, 0.15) is 6.07 Å². The molecule has 0 aromatic heterocycles. The van der Waals surface area contributed by atoms with Gasteiger partial charge in [-0.25, -0.2) is 0 Å². The van der Waals surface area contributed by atoms with Gasteiger partial charge in [0, 0.05) is 13.3 Å². The Morgan fingerprint density at radius 3 is 2.53 bits per heavy atom. The number of hydrogen-bond donors (Lipinski definition) is 0. The van der Waals surface area contributed by atoms with Gasteiger partial charge in [-0.1, -0.05) is 37.9 Å². The van der Waals surface area contributed by atoms with Crippen molar-refractivity contribution < 1.29 is 0 Å². The molecular weight excluding hydrogens is 204 g/mol. The molecule has 15 heavy (non-hydrogen) atoms. The molecule has 0 spiro atoms. The number of anilines is 1. The smallest absolute Gasteiger partial charge is 0.101 e. The van der Waals surface area contributed by atoms with Crippen LogP contribution in [0.1, 0.15) is 30.9 Å². The van der Waals surface area contributed by atoms with Crippen molar-refractivity contribution in [2.75, 3.05) is 17.6 Å². The summed E-state index contributed by atoms with van der Waals surface area (Å²) in [5.74, 6) is 0.433. The van der Waals surface area contributed by atoms with E-state index in [2.05, 4.69) is 26.0 Å². The molecule has 0 N–H and O–H groups in total. The van der Waals surface area contributed by atoms with E-state index in [0.717, 1.165) is 11.3 Å². The third-order valence-electron chi connectivity index (χ3n) is 2.40. The summed E-state index contributed by atoms with van der Waals surface area (Å²) >= 11 is 1.62. The standard InChI is InChI=1S/C12H16N2S/c1-9(2)11-7-5-6-10(8-13)12(11)14(3)15-4/h5-7,9H,1-4H3. The summed E-state index contributed by atoms with van der Waals surface area (Å²) in [6.07, 6.45) is 2.01. The van der Waals surface area contributed by atoms with Crippen molar-refractivity contribution in [3.8, 4) is 6.07 Å². The Kier molecular flexibility index (Phi) is 4.05. The largest absolute Gasteiger partial charge is 0.318 e. The zero-order valence-electron chi connectivity index (χ0n) is 9.61. The highest BCUT2D eigenvalue weighted by molar-refractivity contribution is 7.99. The number of nitriles is 1. The quantitative estimate of drug-likeness (QED) is 0.730. The first-order chi connectivity index (χ1) is 7.11. The predicted molar refractivity (Wildman–Crippen MR) is 67.2 cm³/mol. The minimum Gasteiger partial charge on any atom is -0.318 e. The second-order valence-electron chi connectivity index (χ2n) is 3.69. The number of nitrogens with zero attached hydrogens (tertiary/aromatic N) is 2. The molecule has 1 aromatic carbocycles. The van der Waals surface area contributed by atoms with Gasteiger partial charge in [0.25, 0.3) is 0 Å². The van der Waals surface area contributed by atoms with E-state index in [1.165, 1.54) is 5.56 Å². The molecule has 0 aliphatic carbocycles. The minimum absolute atomic E-state index is 0.433. The van der Waals surface area contributed by atoms with E-state index in [1.807, 2.05) is 29.7 Å². The normalized spacial score (nSPS) is 10.1. The zero-order chi connectivity index (χ0) is 11.4. The molecule has 2 nitrogen and oxygen atoms in total. The Hall–Kier alpha value is -1.14. The highest BCUT2D eigenvalue weighted by atomic mass is 32.2. The van der Waals surface area contributed by atoms with Crippen LogP contribution < -0.4 is 4.31 Å². The van der Waals surface area contributed by atoms with Gasteiger partial charge in [-0.15, -0.1) is 0 Å². The van der Waals surface area contributed by atoms with Crippen molar-refractivity contribution in [1.29, 1.82) is 5.26 Å². The molecule has 0 saturated carbocycles. The molecule has 0 saturated heterocycles.